The van der Waals surface area contributed by atoms with E-state index in [-0.39, 0.29) is 33.6 Å². The lowest BCUT2D eigenvalue weighted by atomic mass is 9.78. The molecule has 0 bridgehead atoms. The third kappa shape index (κ3) is 3.88. The summed E-state index contributed by atoms with van der Waals surface area (Å²) in [4.78, 5) is 36.3. The molecule has 0 unspecified atom stereocenters. The molecule has 152 valence electrons. The highest BCUT2D eigenvalue weighted by molar-refractivity contribution is 6.15. The maximum absolute atomic E-state index is 13.0. The van der Waals surface area contributed by atoms with Crippen molar-refractivity contribution in [3.63, 3.8) is 0 Å². The number of hydrogen-bond acceptors (Lipinski definition) is 5. The fourth-order valence-corrected chi connectivity index (χ4v) is 3.28. The number of rotatable bonds is 2. The third-order valence-corrected chi connectivity index (χ3v) is 4.89. The van der Waals surface area contributed by atoms with Gasteiger partial charge in [-0.05, 0) is 41.2 Å². The number of phenols is 1. The molecule has 3 rings (SSSR count). The number of esters is 2. The van der Waals surface area contributed by atoms with E-state index in [0.29, 0.717) is 22.4 Å². The molecule has 0 aliphatic carbocycles. The summed E-state index contributed by atoms with van der Waals surface area (Å²) in [6.45, 7) is 11.8. The number of fused-ring (bicyclic) bond motifs is 1. The Labute approximate surface area is 169 Å². The highest BCUT2D eigenvalue weighted by Gasteiger charge is 2.30. The van der Waals surface area contributed by atoms with Crippen LogP contribution in [0.2, 0.25) is 0 Å². The number of ether oxygens (including phenoxy) is 1. The Hall–Kier alpha value is -3.15. The van der Waals surface area contributed by atoms with Gasteiger partial charge in [0.1, 0.15) is 5.75 Å². The van der Waals surface area contributed by atoms with Crippen LogP contribution >= 0.6 is 0 Å². The predicted octanol–water partition coefficient (Wildman–Crippen LogP) is 4.55. The van der Waals surface area contributed by atoms with E-state index in [9.17, 15) is 19.5 Å². The number of cyclic esters (lactones) is 2. The first kappa shape index (κ1) is 20.6. The molecule has 0 atom stereocenters. The molecule has 29 heavy (non-hydrogen) atoms. The van der Waals surface area contributed by atoms with E-state index < -0.39 is 11.9 Å². The zero-order valence-corrected chi connectivity index (χ0v) is 17.5. The third-order valence-electron chi connectivity index (χ3n) is 4.89. The van der Waals surface area contributed by atoms with Crippen molar-refractivity contribution < 1.29 is 24.2 Å². The van der Waals surface area contributed by atoms with Crippen LogP contribution in [0.1, 0.15) is 83.7 Å². The SMILES string of the molecule is CC(C)(C)c1cc(C(=O)Nc2ccc3c(c2)C(=O)OC3=O)cc(C(C)(C)C)c1O. The molecule has 0 saturated heterocycles. The van der Waals surface area contributed by atoms with Crippen molar-refractivity contribution in [1.29, 1.82) is 0 Å². The number of carbonyl (C=O) groups is 3. The van der Waals surface area contributed by atoms with Crippen molar-refractivity contribution in [3.05, 3.63) is 58.1 Å². The van der Waals surface area contributed by atoms with Crippen molar-refractivity contribution in [2.24, 2.45) is 0 Å². The second-order valence-electron chi connectivity index (χ2n) is 9.31. The lowest BCUT2D eigenvalue weighted by Gasteiger charge is -2.28. The Bertz CT molecular complexity index is 1000. The smallest absolute Gasteiger partial charge is 0.346 e. The Morgan fingerprint density at radius 2 is 1.38 bits per heavy atom. The van der Waals surface area contributed by atoms with Crippen LogP contribution in [-0.2, 0) is 15.6 Å². The van der Waals surface area contributed by atoms with E-state index in [1.165, 1.54) is 12.1 Å². The average molecular weight is 395 g/mol. The van der Waals surface area contributed by atoms with Crippen molar-refractivity contribution in [3.8, 4) is 5.75 Å². The number of phenolic OH excluding ortho intramolecular Hbond substituents is 1. The Kier molecular flexibility index (Phi) is 4.77. The lowest BCUT2D eigenvalue weighted by molar-refractivity contribution is 0.0443. The van der Waals surface area contributed by atoms with Gasteiger partial charge in [0, 0.05) is 22.4 Å². The minimum Gasteiger partial charge on any atom is -0.507 e. The number of aromatic hydroxyl groups is 1. The van der Waals surface area contributed by atoms with Gasteiger partial charge in [-0.2, -0.15) is 0 Å². The van der Waals surface area contributed by atoms with Gasteiger partial charge < -0.3 is 15.2 Å². The van der Waals surface area contributed by atoms with Crippen LogP contribution < -0.4 is 5.32 Å². The van der Waals surface area contributed by atoms with Gasteiger partial charge in [0.05, 0.1) is 11.1 Å². The van der Waals surface area contributed by atoms with Gasteiger partial charge in [0.15, 0.2) is 0 Å². The minimum atomic E-state index is -0.726. The van der Waals surface area contributed by atoms with E-state index in [0.717, 1.165) is 0 Å². The zero-order chi connectivity index (χ0) is 21.7. The van der Waals surface area contributed by atoms with Crippen LogP contribution in [0.25, 0.3) is 0 Å². The van der Waals surface area contributed by atoms with Crippen molar-refractivity contribution in [1.82, 2.24) is 0 Å². The Morgan fingerprint density at radius 1 is 0.862 bits per heavy atom. The molecule has 0 fully saturated rings. The summed E-state index contributed by atoms with van der Waals surface area (Å²) in [5, 5.41) is 13.6. The quantitative estimate of drug-likeness (QED) is 0.575. The molecule has 2 N–H and O–H groups in total. The number of nitrogens with one attached hydrogen (secondary N) is 1. The molecule has 6 heteroatoms. The molecule has 0 saturated carbocycles. The number of carbonyl (C=O) groups excluding carboxylic acids is 3. The standard InChI is InChI=1S/C23H25NO5/c1-22(2,3)16-9-12(10-17(18(16)25)23(4,5)6)19(26)24-13-7-8-14-15(11-13)21(28)29-20(14)27/h7-11,25H,1-6H3,(H,24,26). The van der Waals surface area contributed by atoms with Gasteiger partial charge >= 0.3 is 11.9 Å². The molecule has 0 radical (unpaired) electrons. The molecule has 2 aromatic rings. The van der Waals surface area contributed by atoms with Gasteiger partial charge in [0.25, 0.3) is 5.91 Å². The molecule has 1 aliphatic rings. The first-order chi connectivity index (χ1) is 13.3. The van der Waals surface area contributed by atoms with E-state index in [1.54, 1.807) is 18.2 Å². The zero-order valence-electron chi connectivity index (χ0n) is 17.5. The number of anilines is 1. The van der Waals surface area contributed by atoms with Crippen LogP contribution in [0.15, 0.2) is 30.3 Å². The van der Waals surface area contributed by atoms with Crippen LogP contribution in [0.3, 0.4) is 0 Å². The van der Waals surface area contributed by atoms with Crippen LogP contribution in [0, 0.1) is 0 Å². The summed E-state index contributed by atoms with van der Waals surface area (Å²) in [6.07, 6.45) is 0. The van der Waals surface area contributed by atoms with E-state index in [4.69, 9.17) is 0 Å². The fraction of sp³-hybridized carbons (Fsp3) is 0.348. The maximum Gasteiger partial charge on any atom is 0.346 e. The average Bonchev–Trinajstić information content (AvgIpc) is 2.86. The summed E-state index contributed by atoms with van der Waals surface area (Å²) < 4.78 is 4.58. The van der Waals surface area contributed by atoms with Crippen molar-refractivity contribution >= 4 is 23.5 Å². The molecule has 2 aromatic carbocycles. The minimum absolute atomic E-state index is 0.129. The summed E-state index contributed by atoms with van der Waals surface area (Å²) in [7, 11) is 0. The molecule has 0 spiro atoms. The Morgan fingerprint density at radius 3 is 1.90 bits per heavy atom. The van der Waals surface area contributed by atoms with Gasteiger partial charge in [-0.1, -0.05) is 41.5 Å². The molecular formula is C23H25NO5. The monoisotopic (exact) mass is 395 g/mol. The second kappa shape index (κ2) is 6.72. The van der Waals surface area contributed by atoms with E-state index in [2.05, 4.69) is 10.1 Å². The van der Waals surface area contributed by atoms with Crippen LogP contribution in [-0.4, -0.2) is 23.0 Å². The highest BCUT2D eigenvalue weighted by atomic mass is 16.6. The van der Waals surface area contributed by atoms with Crippen molar-refractivity contribution in [2.45, 2.75) is 52.4 Å². The maximum atomic E-state index is 13.0. The summed E-state index contributed by atoms with van der Waals surface area (Å²) >= 11 is 0. The summed E-state index contributed by atoms with van der Waals surface area (Å²) in [6, 6.07) is 7.80. The topological polar surface area (TPSA) is 92.7 Å². The summed E-state index contributed by atoms with van der Waals surface area (Å²) in [5.74, 6) is -1.60. The van der Waals surface area contributed by atoms with Crippen molar-refractivity contribution in [2.75, 3.05) is 5.32 Å². The number of amides is 1. The lowest BCUT2D eigenvalue weighted by Crippen LogP contribution is -2.20. The molecule has 0 aromatic heterocycles. The van der Waals surface area contributed by atoms with Gasteiger partial charge in [-0.25, -0.2) is 9.59 Å². The highest BCUT2D eigenvalue weighted by Crippen LogP contribution is 2.40. The number of benzene rings is 2. The van der Waals surface area contributed by atoms with E-state index >= 15 is 0 Å². The summed E-state index contributed by atoms with van der Waals surface area (Å²) in [5.41, 5.74) is 1.72. The molecule has 1 amide bonds. The van der Waals surface area contributed by atoms with Crippen LogP contribution in [0.4, 0.5) is 5.69 Å². The van der Waals surface area contributed by atoms with Gasteiger partial charge in [-0.15, -0.1) is 0 Å². The van der Waals surface area contributed by atoms with Gasteiger partial charge in [0.2, 0.25) is 0 Å². The first-order valence-corrected chi connectivity index (χ1v) is 9.39. The second-order valence-corrected chi connectivity index (χ2v) is 9.31. The Balaban J connectivity index is 2.01. The predicted molar refractivity (Wildman–Crippen MR) is 110 cm³/mol. The molecule has 1 aliphatic heterocycles. The molecular weight excluding hydrogens is 370 g/mol. The van der Waals surface area contributed by atoms with Gasteiger partial charge in [-0.3, -0.25) is 4.79 Å². The first-order valence-electron chi connectivity index (χ1n) is 9.39. The largest absolute Gasteiger partial charge is 0.507 e. The van der Waals surface area contributed by atoms with Crippen LogP contribution in [0.5, 0.6) is 5.75 Å². The fourth-order valence-electron chi connectivity index (χ4n) is 3.28. The number of hydrogen-bond donors (Lipinski definition) is 2. The normalized spacial score (nSPS) is 13.9. The molecule has 1 heterocycles. The molecule has 6 nitrogen and oxygen atoms in total. The van der Waals surface area contributed by atoms with E-state index in [1.807, 2.05) is 41.5 Å².